The second-order valence-electron chi connectivity index (χ2n) is 13.6. The average Bonchev–Trinajstić information content (AvgIpc) is 3.32. The number of benzene rings is 7. The van der Waals surface area contributed by atoms with E-state index in [1.54, 1.807) is 56.9 Å². The van der Waals surface area contributed by atoms with Crippen LogP contribution in [0.25, 0.3) is 11.1 Å². The highest BCUT2D eigenvalue weighted by molar-refractivity contribution is 8.02. The molecule has 2 N–H and O–H groups in total. The normalized spacial score (nSPS) is 11.0. The summed E-state index contributed by atoms with van der Waals surface area (Å²) in [7, 11) is 10.2. The van der Waals surface area contributed by atoms with Crippen molar-refractivity contribution < 1.29 is 37.9 Å². The molecule has 0 fully saturated rings. The van der Waals surface area contributed by atoms with E-state index in [9.17, 15) is 0 Å². The molecule has 0 spiro atoms. The predicted octanol–water partition coefficient (Wildman–Crippen LogP) is 9.53. The van der Waals surface area contributed by atoms with Crippen LogP contribution in [-0.2, 0) is 0 Å². The first-order chi connectivity index (χ1) is 29.9. The molecule has 0 atom stereocenters. The molecule has 61 heavy (non-hydrogen) atoms. The van der Waals surface area contributed by atoms with Gasteiger partial charge >= 0.3 is 0 Å². The molecule has 312 valence electrons. The molecule has 7 aromatic carbocycles. The molecule has 7 aromatic rings. The van der Waals surface area contributed by atoms with E-state index in [1.165, 1.54) is 0 Å². The van der Waals surface area contributed by atoms with Crippen LogP contribution in [0.3, 0.4) is 0 Å². The number of methoxy groups -OCH3 is 8. The van der Waals surface area contributed by atoms with E-state index in [1.807, 2.05) is 66.7 Å². The molecular formula is C50H50N2O8P+. The molecule has 0 saturated carbocycles. The minimum atomic E-state index is -2.91. The minimum Gasteiger partial charge on any atom is -0.494 e. The van der Waals surface area contributed by atoms with Crippen molar-refractivity contribution in [2.75, 3.05) is 67.5 Å². The monoisotopic (exact) mass is 837 g/mol. The number of rotatable bonds is 17. The lowest BCUT2D eigenvalue weighted by Gasteiger charge is -2.32. The zero-order chi connectivity index (χ0) is 42.9. The Labute approximate surface area is 358 Å². The summed E-state index contributed by atoms with van der Waals surface area (Å²) in [4.78, 5) is 0. The van der Waals surface area contributed by atoms with Crippen molar-refractivity contribution >= 4 is 51.2 Å². The molecule has 7 rings (SSSR count). The number of anilines is 4. The standard InChI is InChI=1S/C50H50N2O8P/c1-53-38-26-18-27-39(54-2)45(38)51-47-42(57-5)30-33(31-43(47)58-6)37-32-44(59-7)48(52-46-40(55-3)28-19-29-41(46)56-4)49(60-8)50(37)61(34-20-12-9-13-21-34,35-22-14-10-15-23-35)36-24-16-11-17-25-36/h9-32,51-52H,1-8H3/q+1. The second-order valence-corrected chi connectivity index (χ2v) is 17.0. The number of hydrogen-bond donors (Lipinski definition) is 2. The van der Waals surface area contributed by atoms with Crippen LogP contribution in [0.1, 0.15) is 0 Å². The molecule has 0 aliphatic rings. The largest absolute Gasteiger partial charge is 0.494 e. The van der Waals surface area contributed by atoms with E-state index >= 15 is 0 Å². The summed E-state index contributed by atoms with van der Waals surface area (Å²) >= 11 is 0. The van der Waals surface area contributed by atoms with E-state index in [4.69, 9.17) is 37.9 Å². The summed E-state index contributed by atoms with van der Waals surface area (Å²) < 4.78 is 48.7. The maximum Gasteiger partial charge on any atom is 0.190 e. The lowest BCUT2D eigenvalue weighted by molar-refractivity contribution is 0.393. The fourth-order valence-electron chi connectivity index (χ4n) is 7.83. The summed E-state index contributed by atoms with van der Waals surface area (Å²) in [6.07, 6.45) is 0. The molecule has 0 aliphatic carbocycles. The van der Waals surface area contributed by atoms with Crippen molar-refractivity contribution in [3.63, 3.8) is 0 Å². The summed E-state index contributed by atoms with van der Waals surface area (Å²) in [5, 5.41) is 11.4. The minimum absolute atomic E-state index is 0.509. The highest BCUT2D eigenvalue weighted by atomic mass is 31.2. The summed E-state index contributed by atoms with van der Waals surface area (Å²) in [5.74, 6) is 4.41. The van der Waals surface area contributed by atoms with E-state index in [2.05, 4.69) is 89.5 Å². The van der Waals surface area contributed by atoms with Gasteiger partial charge in [-0.3, -0.25) is 0 Å². The van der Waals surface area contributed by atoms with Crippen LogP contribution < -0.4 is 69.7 Å². The Hall–Kier alpha value is -7.03. The number of ether oxygens (including phenoxy) is 8. The van der Waals surface area contributed by atoms with Crippen LogP contribution in [0, 0.1) is 0 Å². The first kappa shape index (κ1) is 42.1. The van der Waals surface area contributed by atoms with Gasteiger partial charge in [-0.2, -0.15) is 0 Å². The Morgan fingerprint density at radius 2 is 0.656 bits per heavy atom. The van der Waals surface area contributed by atoms with Gasteiger partial charge in [0.1, 0.15) is 86.2 Å². The SMILES string of the molecule is COc1cccc(OC)c1Nc1c(OC)cc(-c2cc(OC)c(Nc3c(OC)cccc3OC)c(OC)c2[P+](c2ccccc2)(c2ccccc2)c2ccccc2)cc1OC. The smallest absolute Gasteiger partial charge is 0.190 e. The van der Waals surface area contributed by atoms with Crippen molar-refractivity contribution in [3.8, 4) is 57.1 Å². The van der Waals surface area contributed by atoms with Gasteiger partial charge in [0, 0.05) is 5.56 Å². The Morgan fingerprint density at radius 1 is 0.328 bits per heavy atom. The molecule has 0 radical (unpaired) electrons. The summed E-state index contributed by atoms with van der Waals surface area (Å²) in [6.45, 7) is 0. The van der Waals surface area contributed by atoms with Gasteiger partial charge in [0.2, 0.25) is 0 Å². The van der Waals surface area contributed by atoms with Crippen LogP contribution in [0.2, 0.25) is 0 Å². The van der Waals surface area contributed by atoms with Crippen molar-refractivity contribution in [2.24, 2.45) is 0 Å². The van der Waals surface area contributed by atoms with Crippen molar-refractivity contribution in [1.82, 2.24) is 0 Å². The van der Waals surface area contributed by atoms with Crippen LogP contribution in [-0.4, -0.2) is 56.9 Å². The van der Waals surface area contributed by atoms with E-state index in [0.717, 1.165) is 32.3 Å². The van der Waals surface area contributed by atoms with Gasteiger partial charge < -0.3 is 48.5 Å². The van der Waals surface area contributed by atoms with Gasteiger partial charge in [0.15, 0.2) is 11.1 Å². The molecule has 0 bridgehead atoms. The third-order valence-corrected chi connectivity index (χ3v) is 14.9. The average molecular weight is 838 g/mol. The summed E-state index contributed by atoms with van der Waals surface area (Å²) in [5.41, 5.74) is 4.00. The van der Waals surface area contributed by atoms with Gasteiger partial charge in [0.05, 0.1) is 56.9 Å². The predicted molar refractivity (Wildman–Crippen MR) is 249 cm³/mol. The number of nitrogens with one attached hydrogen (secondary N) is 2. The molecule has 0 heterocycles. The zero-order valence-corrected chi connectivity index (χ0v) is 36.5. The zero-order valence-electron chi connectivity index (χ0n) is 35.6. The van der Waals surface area contributed by atoms with E-state index in [0.29, 0.717) is 68.7 Å². The van der Waals surface area contributed by atoms with E-state index in [-0.39, 0.29) is 0 Å². The molecule has 0 amide bonds. The Kier molecular flexibility index (Phi) is 13.1. The van der Waals surface area contributed by atoms with Crippen LogP contribution in [0.4, 0.5) is 22.7 Å². The Morgan fingerprint density at radius 3 is 1.00 bits per heavy atom. The molecule has 0 saturated heterocycles. The van der Waals surface area contributed by atoms with Gasteiger partial charge in [-0.25, -0.2) is 0 Å². The molecule has 0 aromatic heterocycles. The summed E-state index contributed by atoms with van der Waals surface area (Å²) in [6, 6.07) is 49.1. The lowest BCUT2D eigenvalue weighted by Crippen LogP contribution is -2.40. The number of hydrogen-bond acceptors (Lipinski definition) is 10. The maximum absolute atomic E-state index is 6.74. The van der Waals surface area contributed by atoms with Crippen LogP contribution in [0.5, 0.6) is 46.0 Å². The topological polar surface area (TPSA) is 97.9 Å². The Balaban J connectivity index is 1.65. The quantitative estimate of drug-likeness (QED) is 0.0864. The van der Waals surface area contributed by atoms with Crippen molar-refractivity contribution in [1.29, 1.82) is 0 Å². The first-order valence-corrected chi connectivity index (χ1v) is 21.3. The lowest BCUT2D eigenvalue weighted by atomic mass is 10.0. The third kappa shape index (κ3) is 7.78. The molecule has 10 nitrogen and oxygen atoms in total. The fraction of sp³-hybridized carbons (Fsp3) is 0.160. The molecular weight excluding hydrogens is 788 g/mol. The van der Waals surface area contributed by atoms with Gasteiger partial charge in [-0.15, -0.1) is 0 Å². The second kappa shape index (κ2) is 18.9. The number of para-hydroxylation sites is 2. The highest BCUT2D eigenvalue weighted by Crippen LogP contribution is 2.61. The van der Waals surface area contributed by atoms with Gasteiger partial charge in [0.25, 0.3) is 0 Å². The van der Waals surface area contributed by atoms with Gasteiger partial charge in [-0.05, 0) is 84.4 Å². The maximum atomic E-state index is 6.74. The molecule has 0 aliphatic heterocycles. The Bertz CT molecular complexity index is 2420. The van der Waals surface area contributed by atoms with E-state index < -0.39 is 7.26 Å². The fourth-order valence-corrected chi connectivity index (χ4v) is 12.4. The van der Waals surface area contributed by atoms with Gasteiger partial charge in [-0.1, -0.05) is 66.7 Å². The van der Waals surface area contributed by atoms with Crippen LogP contribution in [0.15, 0.2) is 146 Å². The molecule has 11 heteroatoms. The third-order valence-electron chi connectivity index (χ3n) is 10.6. The van der Waals surface area contributed by atoms with Crippen molar-refractivity contribution in [2.45, 2.75) is 0 Å². The van der Waals surface area contributed by atoms with Crippen LogP contribution >= 0.6 is 7.26 Å². The first-order valence-electron chi connectivity index (χ1n) is 19.5. The highest BCUT2D eigenvalue weighted by Gasteiger charge is 2.53. The van der Waals surface area contributed by atoms with Crippen molar-refractivity contribution in [3.05, 3.63) is 146 Å². The molecule has 0 unspecified atom stereocenters.